The van der Waals surface area contributed by atoms with E-state index in [0.717, 1.165) is 18.7 Å². The molecule has 0 bridgehead atoms. The molecule has 10 heteroatoms. The second-order valence-electron chi connectivity index (χ2n) is 5.29. The first-order valence-electron chi connectivity index (χ1n) is 7.08. The Labute approximate surface area is 133 Å². The van der Waals surface area contributed by atoms with Crippen molar-refractivity contribution in [2.24, 2.45) is 0 Å². The molecule has 2 rings (SSSR count). The maximum Gasteiger partial charge on any atom is 0.303 e. The molecule has 1 saturated heterocycles. The minimum absolute atomic E-state index is 0.147. The molecule has 22 heavy (non-hydrogen) atoms. The number of sulfonamides is 1. The number of thioether (sulfide) groups is 1. The van der Waals surface area contributed by atoms with E-state index in [1.54, 1.807) is 0 Å². The monoisotopic (exact) mass is 348 g/mol. The van der Waals surface area contributed by atoms with Gasteiger partial charge in [0.25, 0.3) is 0 Å². The highest BCUT2D eigenvalue weighted by Crippen LogP contribution is 2.27. The molecule has 0 spiro atoms. The molecule has 0 unspecified atom stereocenters. The Kier molecular flexibility index (Phi) is 5.81. The molecule has 1 aromatic rings. The molecule has 124 valence electrons. The van der Waals surface area contributed by atoms with Crippen LogP contribution in [0, 0.1) is 0 Å². The molecule has 2 N–H and O–H groups in total. The highest BCUT2D eigenvalue weighted by atomic mass is 32.2. The lowest BCUT2D eigenvalue weighted by molar-refractivity contribution is -0.137. The number of carbonyl (C=O) groups is 1. The average Bonchev–Trinajstić information content (AvgIpc) is 2.91. The van der Waals surface area contributed by atoms with Crippen molar-refractivity contribution in [3.8, 4) is 0 Å². The minimum atomic E-state index is -3.11. The summed E-state index contributed by atoms with van der Waals surface area (Å²) in [4.78, 5) is 14.8. The van der Waals surface area contributed by atoms with Gasteiger partial charge < -0.3 is 5.11 Å². The zero-order valence-corrected chi connectivity index (χ0v) is 14.0. The summed E-state index contributed by atoms with van der Waals surface area (Å²) in [7, 11) is -3.11. The van der Waals surface area contributed by atoms with Gasteiger partial charge in [0, 0.05) is 31.2 Å². The normalized spacial score (nSPS) is 17.7. The number of carboxylic acids is 1. The van der Waals surface area contributed by atoms with Crippen molar-refractivity contribution in [3.63, 3.8) is 0 Å². The van der Waals surface area contributed by atoms with Crippen LogP contribution >= 0.6 is 11.8 Å². The number of aliphatic carboxylic acids is 1. The van der Waals surface area contributed by atoms with E-state index < -0.39 is 16.0 Å². The van der Waals surface area contributed by atoms with Gasteiger partial charge in [-0.1, -0.05) is 11.8 Å². The van der Waals surface area contributed by atoms with E-state index >= 15 is 0 Å². The van der Waals surface area contributed by atoms with Crippen LogP contribution in [0.3, 0.4) is 0 Å². The summed E-state index contributed by atoms with van der Waals surface area (Å²) >= 11 is 1.43. The average molecular weight is 348 g/mol. The molecule has 1 aromatic heterocycles. The Morgan fingerprint density at radius 3 is 2.73 bits per heavy atom. The van der Waals surface area contributed by atoms with Gasteiger partial charge in [-0.05, 0) is 19.3 Å². The summed E-state index contributed by atoms with van der Waals surface area (Å²) in [5.74, 6) is 0.845. The number of aromatic nitrogens is 3. The van der Waals surface area contributed by atoms with Gasteiger partial charge in [-0.2, -0.15) is 0 Å². The zero-order chi connectivity index (χ0) is 16.2. The number of nitrogens with one attached hydrogen (secondary N) is 1. The third kappa shape index (κ3) is 4.96. The van der Waals surface area contributed by atoms with E-state index in [0.29, 0.717) is 30.4 Å². The number of aromatic amines is 1. The molecular formula is C12H20N4O4S2. The Hall–Kier alpha value is -1.13. The molecule has 8 nitrogen and oxygen atoms in total. The largest absolute Gasteiger partial charge is 0.481 e. The molecule has 0 aliphatic carbocycles. The van der Waals surface area contributed by atoms with E-state index in [4.69, 9.17) is 5.11 Å². The van der Waals surface area contributed by atoms with Crippen molar-refractivity contribution in [1.82, 2.24) is 19.5 Å². The van der Waals surface area contributed by atoms with E-state index in [1.807, 2.05) is 0 Å². The van der Waals surface area contributed by atoms with E-state index in [2.05, 4.69) is 15.2 Å². The summed E-state index contributed by atoms with van der Waals surface area (Å²) in [6, 6.07) is 0. The van der Waals surface area contributed by atoms with Crippen molar-refractivity contribution < 1.29 is 18.3 Å². The third-order valence-electron chi connectivity index (χ3n) is 3.56. The van der Waals surface area contributed by atoms with E-state index in [1.165, 1.54) is 22.3 Å². The van der Waals surface area contributed by atoms with Crippen molar-refractivity contribution in [3.05, 3.63) is 5.82 Å². The summed E-state index contributed by atoms with van der Waals surface area (Å²) < 4.78 is 24.4. The fourth-order valence-corrected chi connectivity index (χ4v) is 3.97. The number of hydrogen-bond acceptors (Lipinski definition) is 6. The highest BCUT2D eigenvalue weighted by Gasteiger charge is 2.27. The van der Waals surface area contributed by atoms with Crippen molar-refractivity contribution in [2.45, 2.75) is 36.8 Å². The smallest absolute Gasteiger partial charge is 0.303 e. The number of piperidine rings is 1. The fraction of sp³-hybridized carbons (Fsp3) is 0.750. The molecule has 2 heterocycles. The molecule has 1 fully saturated rings. The maximum atomic E-state index is 11.5. The summed E-state index contributed by atoms with van der Waals surface area (Å²) in [6.45, 7) is 1.01. The summed E-state index contributed by atoms with van der Waals surface area (Å²) in [5.41, 5.74) is 0. The quantitative estimate of drug-likeness (QED) is 0.555. The van der Waals surface area contributed by atoms with Crippen LogP contribution in [0.4, 0.5) is 0 Å². The van der Waals surface area contributed by atoms with Gasteiger partial charge in [0.15, 0.2) is 0 Å². The molecule has 1 aliphatic rings. The van der Waals surface area contributed by atoms with Crippen LogP contribution in [0.25, 0.3) is 0 Å². The Morgan fingerprint density at radius 2 is 2.14 bits per heavy atom. The lowest BCUT2D eigenvalue weighted by Crippen LogP contribution is -2.37. The van der Waals surface area contributed by atoms with Gasteiger partial charge in [0.1, 0.15) is 5.82 Å². The second-order valence-corrected chi connectivity index (χ2v) is 8.33. The zero-order valence-electron chi connectivity index (χ0n) is 12.4. The van der Waals surface area contributed by atoms with Gasteiger partial charge in [0.2, 0.25) is 15.2 Å². The number of hydrogen-bond donors (Lipinski definition) is 2. The lowest BCUT2D eigenvalue weighted by Gasteiger charge is -2.28. The van der Waals surface area contributed by atoms with Crippen LogP contribution in [-0.4, -0.2) is 64.1 Å². The fourth-order valence-electron chi connectivity index (χ4n) is 2.35. The van der Waals surface area contributed by atoms with Gasteiger partial charge in [-0.25, -0.2) is 17.7 Å². The second kappa shape index (κ2) is 7.42. The third-order valence-corrected chi connectivity index (χ3v) is 5.79. The minimum Gasteiger partial charge on any atom is -0.481 e. The summed E-state index contributed by atoms with van der Waals surface area (Å²) in [6.07, 6.45) is 3.41. The topological polar surface area (TPSA) is 116 Å². The van der Waals surface area contributed by atoms with Crippen LogP contribution < -0.4 is 0 Å². The standard InChI is InChI=1S/C12H20N4O4S2/c1-22(19,20)16-6-4-9(5-7-16)11-13-12(15-14-11)21-8-2-3-10(17)18/h9H,2-8H2,1H3,(H,17,18)(H,13,14,15). The predicted octanol–water partition coefficient (Wildman–Crippen LogP) is 0.901. The SMILES string of the molecule is CS(=O)(=O)N1CCC(c2nc(SCCCC(=O)O)n[nH]2)CC1. The molecule has 0 aromatic carbocycles. The number of H-pyrrole nitrogens is 1. The summed E-state index contributed by atoms with van der Waals surface area (Å²) in [5, 5.41) is 16.2. The Morgan fingerprint density at radius 1 is 1.45 bits per heavy atom. The van der Waals surface area contributed by atoms with Crippen molar-refractivity contribution in [2.75, 3.05) is 25.1 Å². The van der Waals surface area contributed by atoms with Crippen molar-refractivity contribution in [1.29, 1.82) is 0 Å². The van der Waals surface area contributed by atoms with Gasteiger partial charge in [-0.3, -0.25) is 9.89 Å². The van der Waals surface area contributed by atoms with E-state index in [-0.39, 0.29) is 12.3 Å². The molecule has 0 radical (unpaired) electrons. The molecule has 0 saturated carbocycles. The first-order chi connectivity index (χ1) is 10.4. The first-order valence-corrected chi connectivity index (χ1v) is 9.91. The van der Waals surface area contributed by atoms with Crippen LogP contribution in [0.1, 0.15) is 37.4 Å². The Balaban J connectivity index is 1.81. The predicted molar refractivity (Wildman–Crippen MR) is 82.4 cm³/mol. The molecule has 1 aliphatic heterocycles. The number of carboxylic acid groups (broad SMARTS) is 1. The van der Waals surface area contributed by atoms with Crippen LogP contribution in [0.2, 0.25) is 0 Å². The van der Waals surface area contributed by atoms with Gasteiger partial charge >= 0.3 is 5.97 Å². The Bertz CT molecular complexity index is 608. The molecular weight excluding hydrogens is 328 g/mol. The number of nitrogens with zero attached hydrogens (tertiary/aromatic N) is 3. The molecule has 0 amide bonds. The molecule has 0 atom stereocenters. The van der Waals surface area contributed by atoms with Gasteiger partial charge in [-0.15, -0.1) is 5.10 Å². The van der Waals surface area contributed by atoms with Crippen LogP contribution in [0.15, 0.2) is 5.16 Å². The van der Waals surface area contributed by atoms with Gasteiger partial charge in [0.05, 0.1) is 6.26 Å². The highest BCUT2D eigenvalue weighted by molar-refractivity contribution is 7.99. The lowest BCUT2D eigenvalue weighted by atomic mass is 9.98. The van der Waals surface area contributed by atoms with Crippen LogP contribution in [0.5, 0.6) is 0 Å². The van der Waals surface area contributed by atoms with Crippen molar-refractivity contribution >= 4 is 27.8 Å². The van der Waals surface area contributed by atoms with Crippen LogP contribution in [-0.2, 0) is 14.8 Å². The first kappa shape index (κ1) is 17.2. The van der Waals surface area contributed by atoms with E-state index in [9.17, 15) is 13.2 Å². The number of rotatable bonds is 7. The maximum absolute atomic E-state index is 11.5.